The maximum Gasteiger partial charge on any atom is 0.270 e. The largest absolute Gasteiger partial charge is 0.372 e. The van der Waals surface area contributed by atoms with E-state index >= 15 is 0 Å². The zero-order chi connectivity index (χ0) is 20.6. The van der Waals surface area contributed by atoms with Crippen LogP contribution in [0.5, 0.6) is 0 Å². The number of benzene rings is 2. The third-order valence-corrected chi connectivity index (χ3v) is 4.74. The van der Waals surface area contributed by atoms with Crippen molar-refractivity contribution in [3.05, 3.63) is 77.7 Å². The SMILES string of the molecule is CCN(CC)c1ccc(Nc2cc(C(=O)NCc3ccc(C)cc3)ncn2)cc1. The van der Waals surface area contributed by atoms with Crippen LogP contribution in [0.2, 0.25) is 0 Å². The normalized spacial score (nSPS) is 10.4. The zero-order valence-corrected chi connectivity index (χ0v) is 17.1. The van der Waals surface area contributed by atoms with Crippen molar-refractivity contribution in [3.8, 4) is 0 Å². The molecule has 0 radical (unpaired) electrons. The van der Waals surface area contributed by atoms with Crippen LogP contribution in [0.3, 0.4) is 0 Å². The molecule has 1 amide bonds. The number of amides is 1. The lowest BCUT2D eigenvalue weighted by Crippen LogP contribution is -2.24. The highest BCUT2D eigenvalue weighted by molar-refractivity contribution is 5.92. The number of hydrogen-bond donors (Lipinski definition) is 2. The fourth-order valence-corrected chi connectivity index (χ4v) is 3.02. The van der Waals surface area contributed by atoms with E-state index in [0.717, 1.165) is 24.3 Å². The predicted molar refractivity (Wildman–Crippen MR) is 118 cm³/mol. The molecule has 150 valence electrons. The second kappa shape index (κ2) is 9.68. The Labute approximate surface area is 172 Å². The van der Waals surface area contributed by atoms with Crippen LogP contribution in [0.25, 0.3) is 0 Å². The van der Waals surface area contributed by atoms with Gasteiger partial charge in [0.15, 0.2) is 0 Å². The van der Waals surface area contributed by atoms with E-state index < -0.39 is 0 Å². The Morgan fingerprint density at radius 2 is 1.66 bits per heavy atom. The molecule has 0 spiro atoms. The summed E-state index contributed by atoms with van der Waals surface area (Å²) in [5.74, 6) is 0.351. The second-order valence-electron chi connectivity index (χ2n) is 6.80. The number of carbonyl (C=O) groups is 1. The number of nitrogens with one attached hydrogen (secondary N) is 2. The summed E-state index contributed by atoms with van der Waals surface area (Å²) in [6.45, 7) is 8.71. The molecular weight excluding hydrogens is 362 g/mol. The van der Waals surface area contributed by atoms with E-state index in [1.807, 2.05) is 43.3 Å². The van der Waals surface area contributed by atoms with Crippen LogP contribution < -0.4 is 15.5 Å². The highest BCUT2D eigenvalue weighted by atomic mass is 16.1. The van der Waals surface area contributed by atoms with Crippen molar-refractivity contribution >= 4 is 23.1 Å². The summed E-state index contributed by atoms with van der Waals surface area (Å²) in [4.78, 5) is 23.0. The van der Waals surface area contributed by atoms with Gasteiger partial charge >= 0.3 is 0 Å². The van der Waals surface area contributed by atoms with Gasteiger partial charge in [-0.05, 0) is 50.6 Å². The van der Waals surface area contributed by atoms with Crippen molar-refractivity contribution in [2.24, 2.45) is 0 Å². The number of anilines is 3. The molecule has 0 aliphatic carbocycles. The van der Waals surface area contributed by atoms with Crippen molar-refractivity contribution in [3.63, 3.8) is 0 Å². The third-order valence-electron chi connectivity index (χ3n) is 4.74. The van der Waals surface area contributed by atoms with Crippen LogP contribution in [0.4, 0.5) is 17.2 Å². The summed E-state index contributed by atoms with van der Waals surface area (Å²) in [6, 6.07) is 17.9. The third kappa shape index (κ3) is 5.54. The molecule has 0 fully saturated rings. The lowest BCUT2D eigenvalue weighted by molar-refractivity contribution is 0.0946. The Balaban J connectivity index is 1.62. The summed E-state index contributed by atoms with van der Waals surface area (Å²) in [5, 5.41) is 6.13. The molecule has 3 rings (SSSR count). The molecule has 0 unspecified atom stereocenters. The lowest BCUT2D eigenvalue weighted by Gasteiger charge is -2.21. The van der Waals surface area contributed by atoms with Gasteiger partial charge < -0.3 is 15.5 Å². The molecule has 0 aliphatic heterocycles. The van der Waals surface area contributed by atoms with E-state index in [2.05, 4.69) is 51.5 Å². The van der Waals surface area contributed by atoms with Crippen molar-refractivity contribution in [2.75, 3.05) is 23.3 Å². The van der Waals surface area contributed by atoms with Crippen LogP contribution in [-0.4, -0.2) is 29.0 Å². The van der Waals surface area contributed by atoms with Gasteiger partial charge in [-0.2, -0.15) is 0 Å². The monoisotopic (exact) mass is 389 g/mol. The summed E-state index contributed by atoms with van der Waals surface area (Å²) in [6.07, 6.45) is 1.40. The number of hydrogen-bond acceptors (Lipinski definition) is 5. The van der Waals surface area contributed by atoms with Crippen molar-refractivity contribution < 1.29 is 4.79 Å². The summed E-state index contributed by atoms with van der Waals surface area (Å²) in [5.41, 5.74) is 4.65. The predicted octanol–water partition coefficient (Wildman–Crippen LogP) is 4.30. The number of aryl methyl sites for hydroxylation is 1. The second-order valence-corrected chi connectivity index (χ2v) is 6.80. The molecule has 0 atom stereocenters. The van der Waals surface area contributed by atoms with Gasteiger partial charge in [0.1, 0.15) is 17.8 Å². The molecule has 29 heavy (non-hydrogen) atoms. The van der Waals surface area contributed by atoms with Crippen LogP contribution in [0.15, 0.2) is 60.9 Å². The Kier molecular flexibility index (Phi) is 6.79. The molecule has 0 saturated carbocycles. The molecule has 1 aromatic heterocycles. The fraction of sp³-hybridized carbons (Fsp3) is 0.261. The molecule has 6 nitrogen and oxygen atoms in total. The molecule has 2 N–H and O–H groups in total. The van der Waals surface area contributed by atoms with E-state index in [1.165, 1.54) is 17.6 Å². The fourth-order valence-electron chi connectivity index (χ4n) is 3.02. The van der Waals surface area contributed by atoms with Crippen LogP contribution in [-0.2, 0) is 6.54 Å². The van der Waals surface area contributed by atoms with E-state index in [0.29, 0.717) is 18.1 Å². The number of rotatable bonds is 8. The van der Waals surface area contributed by atoms with Gasteiger partial charge in [0, 0.05) is 37.1 Å². The Morgan fingerprint density at radius 1 is 0.966 bits per heavy atom. The summed E-state index contributed by atoms with van der Waals surface area (Å²) >= 11 is 0. The maximum absolute atomic E-state index is 12.4. The molecular formula is C23H27N5O. The van der Waals surface area contributed by atoms with E-state index in [4.69, 9.17) is 0 Å². The van der Waals surface area contributed by atoms with Crippen molar-refractivity contribution in [2.45, 2.75) is 27.3 Å². The van der Waals surface area contributed by atoms with Crippen LogP contribution in [0.1, 0.15) is 35.5 Å². The first kappa shape index (κ1) is 20.3. The van der Waals surface area contributed by atoms with Gasteiger partial charge in [-0.15, -0.1) is 0 Å². The standard InChI is InChI=1S/C23H27N5O/c1-4-28(5-2)20-12-10-19(11-13-20)27-22-14-21(25-16-26-22)23(29)24-15-18-8-6-17(3)7-9-18/h6-14,16H,4-5,15H2,1-3H3,(H,24,29)(H,25,26,27). The Hall–Kier alpha value is -3.41. The maximum atomic E-state index is 12.4. The summed E-state index contributed by atoms with van der Waals surface area (Å²) in [7, 11) is 0. The van der Waals surface area contributed by atoms with Gasteiger partial charge in [-0.3, -0.25) is 4.79 Å². The zero-order valence-electron chi connectivity index (χ0n) is 17.1. The van der Waals surface area contributed by atoms with Crippen LogP contribution in [0, 0.1) is 6.92 Å². The van der Waals surface area contributed by atoms with Crippen molar-refractivity contribution in [1.82, 2.24) is 15.3 Å². The van der Waals surface area contributed by atoms with Gasteiger partial charge in [-0.25, -0.2) is 9.97 Å². The van der Waals surface area contributed by atoms with Gasteiger partial charge in [0.25, 0.3) is 5.91 Å². The quantitative estimate of drug-likeness (QED) is 0.601. The molecule has 2 aromatic carbocycles. The summed E-state index contributed by atoms with van der Waals surface area (Å²) < 4.78 is 0. The highest BCUT2D eigenvalue weighted by Gasteiger charge is 2.09. The minimum Gasteiger partial charge on any atom is -0.372 e. The topological polar surface area (TPSA) is 70.2 Å². The van der Waals surface area contributed by atoms with E-state index in [9.17, 15) is 4.79 Å². The van der Waals surface area contributed by atoms with Gasteiger partial charge in [0.05, 0.1) is 0 Å². The molecule has 6 heteroatoms. The first-order valence-corrected chi connectivity index (χ1v) is 9.87. The highest BCUT2D eigenvalue weighted by Crippen LogP contribution is 2.20. The molecule has 0 aliphatic rings. The van der Waals surface area contributed by atoms with Gasteiger partial charge in [0.2, 0.25) is 0 Å². The smallest absolute Gasteiger partial charge is 0.270 e. The molecule has 3 aromatic rings. The van der Waals surface area contributed by atoms with E-state index in [1.54, 1.807) is 6.07 Å². The number of aromatic nitrogens is 2. The average molecular weight is 390 g/mol. The lowest BCUT2D eigenvalue weighted by atomic mass is 10.1. The Bertz CT molecular complexity index is 934. The molecule has 0 saturated heterocycles. The van der Waals surface area contributed by atoms with E-state index in [-0.39, 0.29) is 5.91 Å². The minimum absolute atomic E-state index is 0.229. The minimum atomic E-state index is -0.229. The van der Waals surface area contributed by atoms with Crippen LogP contribution >= 0.6 is 0 Å². The van der Waals surface area contributed by atoms with Crippen molar-refractivity contribution in [1.29, 1.82) is 0 Å². The van der Waals surface area contributed by atoms with Gasteiger partial charge in [-0.1, -0.05) is 29.8 Å². The molecule has 1 heterocycles. The number of carbonyl (C=O) groups excluding carboxylic acids is 1. The average Bonchev–Trinajstić information content (AvgIpc) is 2.75. The Morgan fingerprint density at radius 3 is 2.31 bits per heavy atom. The number of nitrogens with zero attached hydrogens (tertiary/aromatic N) is 3. The first-order chi connectivity index (χ1) is 14.1. The first-order valence-electron chi connectivity index (χ1n) is 9.87. The molecule has 0 bridgehead atoms.